The Balaban J connectivity index is 2.05. The van der Waals surface area contributed by atoms with Gasteiger partial charge in [0.1, 0.15) is 11.3 Å². The zero-order chi connectivity index (χ0) is 17.7. The number of Topliss-reactive ketones (excluding diaryl/α,β-unsaturated/α-hetero) is 1. The van der Waals surface area contributed by atoms with Gasteiger partial charge in [-0.1, -0.05) is 0 Å². The first kappa shape index (κ1) is 16.1. The molecule has 0 radical (unpaired) electrons. The average Bonchev–Trinajstić information content (AvgIpc) is 2.93. The summed E-state index contributed by atoms with van der Waals surface area (Å²) in [6, 6.07) is 6.61. The Hall–Kier alpha value is -2.77. The lowest BCUT2D eigenvalue weighted by atomic mass is 10.1. The van der Waals surface area contributed by atoms with Gasteiger partial charge < -0.3 is 14.0 Å². The van der Waals surface area contributed by atoms with Crippen molar-refractivity contribution in [3.8, 4) is 11.4 Å². The maximum Gasteiger partial charge on any atom is 0.456 e. The lowest BCUT2D eigenvalue weighted by Crippen LogP contribution is -2.38. The zero-order valence-electron chi connectivity index (χ0n) is 12.7. The largest absolute Gasteiger partial charge is 0.456 e. The van der Waals surface area contributed by atoms with Crippen molar-refractivity contribution in [1.82, 2.24) is 4.57 Å². The first-order valence-electron chi connectivity index (χ1n) is 6.94. The Morgan fingerprint density at radius 3 is 2.54 bits per heavy atom. The molecule has 24 heavy (non-hydrogen) atoms. The molecule has 126 valence electrons. The molecule has 8 heteroatoms. The van der Waals surface area contributed by atoms with Gasteiger partial charge in [0.25, 0.3) is 5.78 Å². The van der Waals surface area contributed by atoms with E-state index in [2.05, 4.69) is 0 Å². The number of alkyl halides is 3. The molecular weight excluding hydrogens is 327 g/mol. The average molecular weight is 339 g/mol. The standard InChI is InChI=1S/C16H12F3NO4/c1-15(2)23-12-6-5-9(8-10(12)14(22)24-15)20-7-3-4-11(20)13(21)16(17,18)19/h3-8H,1-2H3. The number of nitrogens with zero attached hydrogens (tertiary/aromatic N) is 1. The van der Waals surface area contributed by atoms with Crippen molar-refractivity contribution in [3.05, 3.63) is 47.8 Å². The number of rotatable bonds is 2. The van der Waals surface area contributed by atoms with Crippen molar-refractivity contribution in [2.75, 3.05) is 0 Å². The van der Waals surface area contributed by atoms with E-state index in [1.807, 2.05) is 0 Å². The van der Waals surface area contributed by atoms with Crippen molar-refractivity contribution in [3.63, 3.8) is 0 Å². The normalized spacial score (nSPS) is 16.1. The van der Waals surface area contributed by atoms with Crippen LogP contribution >= 0.6 is 0 Å². The van der Waals surface area contributed by atoms with E-state index in [0.717, 1.165) is 10.6 Å². The summed E-state index contributed by atoms with van der Waals surface area (Å²) in [4.78, 5) is 23.5. The van der Waals surface area contributed by atoms with Crippen LogP contribution in [-0.4, -0.2) is 28.3 Å². The number of carbonyl (C=O) groups excluding carboxylic acids is 2. The second-order valence-corrected chi connectivity index (χ2v) is 5.66. The minimum atomic E-state index is -4.99. The van der Waals surface area contributed by atoms with Crippen LogP contribution in [0.15, 0.2) is 36.5 Å². The Bertz CT molecular complexity index is 836. The quantitative estimate of drug-likeness (QED) is 0.621. The highest BCUT2D eigenvalue weighted by atomic mass is 19.4. The van der Waals surface area contributed by atoms with Crippen molar-refractivity contribution in [2.24, 2.45) is 0 Å². The molecule has 0 aliphatic carbocycles. The Morgan fingerprint density at radius 1 is 1.17 bits per heavy atom. The van der Waals surface area contributed by atoms with Crippen LogP contribution in [0.25, 0.3) is 5.69 Å². The van der Waals surface area contributed by atoms with Gasteiger partial charge in [-0.05, 0) is 30.3 Å². The maximum atomic E-state index is 12.7. The zero-order valence-corrected chi connectivity index (χ0v) is 12.7. The van der Waals surface area contributed by atoms with E-state index >= 15 is 0 Å². The van der Waals surface area contributed by atoms with Crippen LogP contribution in [-0.2, 0) is 4.74 Å². The molecule has 0 fully saturated rings. The number of aromatic nitrogens is 1. The van der Waals surface area contributed by atoms with E-state index in [9.17, 15) is 22.8 Å². The molecule has 0 amide bonds. The molecule has 2 aromatic rings. The summed E-state index contributed by atoms with van der Waals surface area (Å²) >= 11 is 0. The minimum absolute atomic E-state index is 0.0749. The second-order valence-electron chi connectivity index (χ2n) is 5.66. The van der Waals surface area contributed by atoms with Crippen LogP contribution < -0.4 is 4.74 Å². The fraction of sp³-hybridized carbons (Fsp3) is 0.250. The summed E-state index contributed by atoms with van der Waals surface area (Å²) in [5.74, 6) is -3.49. The highest BCUT2D eigenvalue weighted by Gasteiger charge is 2.41. The van der Waals surface area contributed by atoms with E-state index in [1.54, 1.807) is 13.8 Å². The number of benzene rings is 1. The third-order valence-corrected chi connectivity index (χ3v) is 3.39. The Kier molecular flexibility index (Phi) is 3.43. The van der Waals surface area contributed by atoms with Crippen LogP contribution in [0.4, 0.5) is 13.2 Å². The van der Waals surface area contributed by atoms with Crippen LogP contribution in [0.3, 0.4) is 0 Å². The summed E-state index contributed by atoms with van der Waals surface area (Å²) in [5, 5.41) is 0. The molecule has 0 unspecified atom stereocenters. The number of cyclic esters (lactones) is 1. The lowest BCUT2D eigenvalue weighted by Gasteiger charge is -2.31. The molecule has 1 aliphatic heterocycles. The van der Waals surface area contributed by atoms with E-state index in [-0.39, 0.29) is 17.0 Å². The van der Waals surface area contributed by atoms with E-state index in [0.29, 0.717) is 0 Å². The number of ketones is 1. The highest BCUT2D eigenvalue weighted by Crippen LogP contribution is 2.33. The fourth-order valence-electron chi connectivity index (χ4n) is 2.42. The first-order chi connectivity index (χ1) is 11.1. The van der Waals surface area contributed by atoms with Gasteiger partial charge in [-0.2, -0.15) is 13.2 Å². The third kappa shape index (κ3) is 2.75. The number of halogens is 3. The van der Waals surface area contributed by atoms with Crippen molar-refractivity contribution < 1.29 is 32.2 Å². The SMILES string of the molecule is CC1(C)OC(=O)c2cc(-n3cccc3C(=O)C(F)(F)F)ccc2O1. The molecule has 0 N–H and O–H groups in total. The maximum absolute atomic E-state index is 12.7. The predicted molar refractivity (Wildman–Crippen MR) is 76.3 cm³/mol. The molecule has 0 spiro atoms. The van der Waals surface area contributed by atoms with Gasteiger partial charge in [0, 0.05) is 25.7 Å². The molecule has 1 aromatic heterocycles. The highest BCUT2D eigenvalue weighted by molar-refractivity contribution is 5.99. The second kappa shape index (κ2) is 5.12. The number of ether oxygens (including phenoxy) is 2. The molecular formula is C16H12F3NO4. The lowest BCUT2D eigenvalue weighted by molar-refractivity contribution is -0.127. The molecule has 1 aromatic carbocycles. The smallest absolute Gasteiger partial charge is 0.452 e. The molecule has 1 aliphatic rings. The first-order valence-corrected chi connectivity index (χ1v) is 6.94. The van der Waals surface area contributed by atoms with Gasteiger partial charge in [0.05, 0.1) is 5.69 Å². The number of hydrogen-bond acceptors (Lipinski definition) is 4. The van der Waals surface area contributed by atoms with Gasteiger partial charge in [-0.3, -0.25) is 4.79 Å². The van der Waals surface area contributed by atoms with E-state index < -0.39 is 29.4 Å². The molecule has 0 saturated carbocycles. The van der Waals surface area contributed by atoms with E-state index in [1.165, 1.54) is 30.5 Å². The van der Waals surface area contributed by atoms with Crippen molar-refractivity contribution in [1.29, 1.82) is 0 Å². The Labute approximate surface area is 134 Å². The summed E-state index contributed by atoms with van der Waals surface area (Å²) in [6.45, 7) is 3.13. The minimum Gasteiger partial charge on any atom is -0.452 e. The van der Waals surface area contributed by atoms with Gasteiger partial charge >= 0.3 is 12.1 Å². The third-order valence-electron chi connectivity index (χ3n) is 3.39. The number of hydrogen-bond donors (Lipinski definition) is 0. The van der Waals surface area contributed by atoms with Gasteiger partial charge in [-0.15, -0.1) is 0 Å². The van der Waals surface area contributed by atoms with Gasteiger partial charge in [-0.25, -0.2) is 4.79 Å². The molecule has 2 heterocycles. The monoisotopic (exact) mass is 339 g/mol. The molecule has 3 rings (SSSR count). The number of fused-ring (bicyclic) bond motifs is 1. The summed E-state index contributed by atoms with van der Waals surface area (Å²) < 4.78 is 49.7. The molecule has 0 atom stereocenters. The number of esters is 1. The molecule has 0 saturated heterocycles. The molecule has 0 bridgehead atoms. The van der Waals surface area contributed by atoms with Gasteiger partial charge in [0.15, 0.2) is 0 Å². The predicted octanol–water partition coefficient (Wildman–Crippen LogP) is 3.51. The van der Waals surface area contributed by atoms with Crippen LogP contribution in [0, 0.1) is 0 Å². The number of carbonyl (C=O) groups is 2. The summed E-state index contributed by atoms with van der Waals surface area (Å²) in [7, 11) is 0. The van der Waals surface area contributed by atoms with Gasteiger partial charge in [0.2, 0.25) is 5.79 Å². The Morgan fingerprint density at radius 2 is 1.88 bits per heavy atom. The van der Waals surface area contributed by atoms with Crippen molar-refractivity contribution >= 4 is 11.8 Å². The van der Waals surface area contributed by atoms with Crippen LogP contribution in [0.5, 0.6) is 5.75 Å². The van der Waals surface area contributed by atoms with E-state index in [4.69, 9.17) is 9.47 Å². The van der Waals surface area contributed by atoms with Crippen LogP contribution in [0.2, 0.25) is 0 Å². The van der Waals surface area contributed by atoms with Crippen LogP contribution in [0.1, 0.15) is 34.7 Å². The summed E-state index contributed by atoms with van der Waals surface area (Å²) in [6.07, 6.45) is -3.68. The topological polar surface area (TPSA) is 57.5 Å². The summed E-state index contributed by atoms with van der Waals surface area (Å²) in [5.41, 5.74) is -0.259. The fourth-order valence-corrected chi connectivity index (χ4v) is 2.42. The van der Waals surface area contributed by atoms with Crippen molar-refractivity contribution in [2.45, 2.75) is 25.8 Å². The molecule has 5 nitrogen and oxygen atoms in total.